The number of hydrogen-bond acceptors (Lipinski definition) is 6. The molecule has 0 radical (unpaired) electrons. The third kappa shape index (κ3) is 8.40. The average Bonchev–Trinajstić information content (AvgIpc) is 2.83. The molecule has 2 aromatic carbocycles. The molecule has 0 heterocycles. The zero-order valence-electron chi connectivity index (χ0n) is 26.5. The molecule has 3 rings (SSSR count). The van der Waals surface area contributed by atoms with Gasteiger partial charge in [-0.2, -0.15) is 0 Å². The van der Waals surface area contributed by atoms with Crippen LogP contribution in [0.3, 0.4) is 0 Å². The predicted octanol–water partition coefficient (Wildman–Crippen LogP) is 6.67. The average molecular weight is 549 g/mol. The first kappa shape index (κ1) is 31.8. The summed E-state index contributed by atoms with van der Waals surface area (Å²) in [7, 11) is 8.06. The molecule has 1 fully saturated rings. The second-order valence-corrected chi connectivity index (χ2v) is 14.1. The number of phenols is 2. The van der Waals surface area contributed by atoms with Crippen molar-refractivity contribution in [2.24, 2.45) is 9.98 Å². The van der Waals surface area contributed by atoms with E-state index in [0.29, 0.717) is 24.6 Å². The van der Waals surface area contributed by atoms with Crippen LogP contribution in [0.2, 0.25) is 0 Å². The highest BCUT2D eigenvalue weighted by atomic mass is 16.3. The van der Waals surface area contributed by atoms with Gasteiger partial charge in [0, 0.05) is 47.8 Å². The molecule has 0 aromatic heterocycles. The lowest BCUT2D eigenvalue weighted by Gasteiger charge is -2.26. The van der Waals surface area contributed by atoms with Crippen molar-refractivity contribution >= 4 is 12.4 Å². The van der Waals surface area contributed by atoms with Crippen molar-refractivity contribution in [3.8, 4) is 11.5 Å². The minimum absolute atomic E-state index is 0.0363. The summed E-state index contributed by atoms with van der Waals surface area (Å²) < 4.78 is 0. The van der Waals surface area contributed by atoms with Crippen LogP contribution in [0.25, 0.3) is 0 Å². The van der Waals surface area contributed by atoms with Crippen LogP contribution in [-0.2, 0) is 23.9 Å². The standard InChI is InChI=1S/C34H52N4O2/c1-33(2,3)27-15-23(31(39)25(17-27)21-37(7)8)19-35-29-13-11-12-14-30(29)36-20-24-16-28(34(4,5)6)18-26(32(24)40)22-38(9)10/h15-20,29-30,39-40H,11-14,21-22H2,1-10H3/t29-,30-/m1/s1. The van der Waals surface area contributed by atoms with E-state index >= 15 is 0 Å². The summed E-state index contributed by atoms with van der Waals surface area (Å²) in [5, 5.41) is 22.2. The zero-order valence-corrected chi connectivity index (χ0v) is 26.5. The van der Waals surface area contributed by atoms with Gasteiger partial charge in [0.15, 0.2) is 0 Å². The normalized spacial score (nSPS) is 19.0. The van der Waals surface area contributed by atoms with Crippen molar-refractivity contribution in [2.45, 2.75) is 103 Å². The second kappa shape index (κ2) is 12.9. The molecule has 0 amide bonds. The number of hydrogen-bond donors (Lipinski definition) is 2. The van der Waals surface area contributed by atoms with Gasteiger partial charge in [-0.25, -0.2) is 0 Å². The molecule has 6 heteroatoms. The smallest absolute Gasteiger partial charge is 0.128 e. The van der Waals surface area contributed by atoms with Crippen LogP contribution in [0.15, 0.2) is 34.3 Å². The van der Waals surface area contributed by atoms with Crippen molar-refractivity contribution in [3.63, 3.8) is 0 Å². The molecule has 6 nitrogen and oxygen atoms in total. The first-order valence-electron chi connectivity index (χ1n) is 14.6. The Hall–Kier alpha value is -2.70. The summed E-state index contributed by atoms with van der Waals surface area (Å²) in [5.74, 6) is 0.609. The number of benzene rings is 2. The first-order valence-corrected chi connectivity index (χ1v) is 14.6. The Kier molecular flexibility index (Phi) is 10.2. The molecule has 0 spiro atoms. The zero-order chi connectivity index (χ0) is 29.8. The molecule has 220 valence electrons. The van der Waals surface area contributed by atoms with Crippen LogP contribution >= 0.6 is 0 Å². The highest BCUT2D eigenvalue weighted by Gasteiger charge is 2.25. The largest absolute Gasteiger partial charge is 0.507 e. The highest BCUT2D eigenvalue weighted by Crippen LogP contribution is 2.33. The predicted molar refractivity (Wildman–Crippen MR) is 170 cm³/mol. The summed E-state index contributed by atoms with van der Waals surface area (Å²) >= 11 is 0. The molecule has 1 saturated carbocycles. The Morgan fingerprint density at radius 2 is 1.02 bits per heavy atom. The Balaban J connectivity index is 1.94. The fraction of sp³-hybridized carbons (Fsp3) is 0.588. The third-order valence-electron chi connectivity index (χ3n) is 7.65. The van der Waals surface area contributed by atoms with E-state index in [1.807, 2.05) is 40.6 Å². The molecule has 0 bridgehead atoms. The first-order chi connectivity index (χ1) is 18.6. The number of rotatable bonds is 8. The topological polar surface area (TPSA) is 71.7 Å². The van der Waals surface area contributed by atoms with E-state index in [0.717, 1.165) is 47.9 Å². The lowest BCUT2D eigenvalue weighted by molar-refractivity contribution is 0.383. The third-order valence-corrected chi connectivity index (χ3v) is 7.65. The molecule has 40 heavy (non-hydrogen) atoms. The van der Waals surface area contributed by atoms with E-state index in [2.05, 4.69) is 75.6 Å². The Morgan fingerprint density at radius 1 is 0.675 bits per heavy atom. The molecule has 2 atom stereocenters. The maximum Gasteiger partial charge on any atom is 0.128 e. The molecule has 0 unspecified atom stereocenters. The van der Waals surface area contributed by atoms with E-state index in [1.165, 1.54) is 11.1 Å². The van der Waals surface area contributed by atoms with Gasteiger partial charge < -0.3 is 20.0 Å². The van der Waals surface area contributed by atoms with E-state index in [-0.39, 0.29) is 22.9 Å². The highest BCUT2D eigenvalue weighted by molar-refractivity contribution is 5.86. The maximum atomic E-state index is 11.1. The van der Waals surface area contributed by atoms with Gasteiger partial charge in [-0.1, -0.05) is 66.5 Å². The number of phenolic OH excluding ortho intramolecular Hbond substituents is 2. The summed E-state index contributed by atoms with van der Waals surface area (Å²) in [6, 6.07) is 8.44. The molecular weight excluding hydrogens is 496 g/mol. The van der Waals surface area contributed by atoms with Gasteiger partial charge in [0.2, 0.25) is 0 Å². The Morgan fingerprint density at radius 3 is 1.32 bits per heavy atom. The monoisotopic (exact) mass is 548 g/mol. The molecule has 0 aliphatic heterocycles. The van der Waals surface area contributed by atoms with Crippen molar-refractivity contribution in [1.82, 2.24) is 9.80 Å². The molecular formula is C34H52N4O2. The number of nitrogens with zero attached hydrogens (tertiary/aromatic N) is 4. The second-order valence-electron chi connectivity index (χ2n) is 14.1. The van der Waals surface area contributed by atoms with Crippen LogP contribution in [0.5, 0.6) is 11.5 Å². The van der Waals surface area contributed by atoms with Crippen molar-refractivity contribution in [2.75, 3.05) is 28.2 Å². The minimum atomic E-state index is -0.0376. The maximum absolute atomic E-state index is 11.1. The summed E-state index contributed by atoms with van der Waals surface area (Å²) in [6.45, 7) is 14.5. The van der Waals surface area contributed by atoms with Gasteiger partial charge in [0.25, 0.3) is 0 Å². The van der Waals surface area contributed by atoms with Crippen molar-refractivity contribution < 1.29 is 10.2 Å². The van der Waals surface area contributed by atoms with Crippen LogP contribution < -0.4 is 0 Å². The summed E-state index contributed by atoms with van der Waals surface area (Å²) in [4.78, 5) is 14.2. The Labute approximate surface area is 242 Å². The van der Waals surface area contributed by atoms with E-state index in [1.54, 1.807) is 0 Å². The minimum Gasteiger partial charge on any atom is -0.507 e. The van der Waals surface area contributed by atoms with E-state index < -0.39 is 0 Å². The SMILES string of the molecule is CN(C)Cc1cc(C(C)(C)C)cc(C=N[C@@H]2CCCC[C@H]2N=Cc2cc(C(C)(C)C)cc(CN(C)C)c2O)c1O. The fourth-order valence-corrected chi connectivity index (χ4v) is 5.21. The molecule has 2 N–H and O–H groups in total. The van der Waals surface area contributed by atoms with Crippen LogP contribution in [0, 0.1) is 0 Å². The number of aliphatic imine (C=N–C) groups is 2. The summed E-state index contributed by atoms with van der Waals surface area (Å²) in [5.41, 5.74) is 5.66. The van der Waals surface area contributed by atoms with Gasteiger partial charge in [0.1, 0.15) is 11.5 Å². The fourth-order valence-electron chi connectivity index (χ4n) is 5.21. The molecule has 1 aliphatic carbocycles. The van der Waals surface area contributed by atoms with Crippen LogP contribution in [-0.4, -0.2) is 72.7 Å². The van der Waals surface area contributed by atoms with Gasteiger partial charge in [-0.15, -0.1) is 0 Å². The molecule has 2 aromatic rings. The van der Waals surface area contributed by atoms with Crippen LogP contribution in [0.1, 0.15) is 101 Å². The quantitative estimate of drug-likeness (QED) is 0.362. The lowest BCUT2D eigenvalue weighted by atomic mass is 9.84. The van der Waals surface area contributed by atoms with Crippen molar-refractivity contribution in [3.05, 3.63) is 57.6 Å². The van der Waals surface area contributed by atoms with Gasteiger partial charge in [-0.3, -0.25) is 9.98 Å². The lowest BCUT2D eigenvalue weighted by Crippen LogP contribution is -2.27. The Bertz CT molecular complexity index is 1120. The summed E-state index contributed by atoms with van der Waals surface area (Å²) in [6.07, 6.45) is 7.87. The number of aromatic hydroxyl groups is 2. The van der Waals surface area contributed by atoms with Gasteiger partial charge in [-0.05, 0) is 75.1 Å². The van der Waals surface area contributed by atoms with Gasteiger partial charge >= 0.3 is 0 Å². The van der Waals surface area contributed by atoms with E-state index in [4.69, 9.17) is 9.98 Å². The molecule has 0 saturated heterocycles. The van der Waals surface area contributed by atoms with Crippen LogP contribution in [0.4, 0.5) is 0 Å². The molecule has 1 aliphatic rings. The van der Waals surface area contributed by atoms with Crippen molar-refractivity contribution in [1.29, 1.82) is 0 Å². The van der Waals surface area contributed by atoms with E-state index in [9.17, 15) is 10.2 Å². The van der Waals surface area contributed by atoms with Gasteiger partial charge in [0.05, 0.1) is 12.1 Å².